The van der Waals surface area contributed by atoms with Crippen LogP contribution in [0, 0.1) is 23.1 Å². The van der Waals surface area contributed by atoms with Crippen LogP contribution in [0.25, 0.3) is 0 Å². The van der Waals surface area contributed by atoms with Crippen molar-refractivity contribution in [3.63, 3.8) is 0 Å². The summed E-state index contributed by atoms with van der Waals surface area (Å²) in [7, 11) is 0. The molecule has 112 valence electrons. The molecule has 1 aromatic rings. The molecule has 2 rings (SSSR count). The molecule has 1 atom stereocenters. The van der Waals surface area contributed by atoms with Gasteiger partial charge in [-0.2, -0.15) is 0 Å². The van der Waals surface area contributed by atoms with Gasteiger partial charge in [0, 0.05) is 12.1 Å². The molecule has 1 unspecified atom stereocenters. The second-order valence-electron chi connectivity index (χ2n) is 7.69. The molecule has 0 spiro atoms. The second-order valence-corrected chi connectivity index (χ2v) is 7.69. The Bertz CT molecular complexity index is 424. The third-order valence-electron chi connectivity index (χ3n) is 4.59. The summed E-state index contributed by atoms with van der Waals surface area (Å²) in [5, 5.41) is 3.79. The SMILES string of the molecule is CC(C)C1CC(NC(c2ccc(F)cc2)C(C)(C)C)C1. The van der Waals surface area contributed by atoms with Gasteiger partial charge in [-0.3, -0.25) is 0 Å². The summed E-state index contributed by atoms with van der Waals surface area (Å²) in [4.78, 5) is 0. The highest BCUT2D eigenvalue weighted by Gasteiger charge is 2.35. The van der Waals surface area contributed by atoms with E-state index in [2.05, 4.69) is 39.9 Å². The van der Waals surface area contributed by atoms with Gasteiger partial charge in [-0.25, -0.2) is 4.39 Å². The Labute approximate surface area is 123 Å². The van der Waals surface area contributed by atoms with Crippen LogP contribution in [0.2, 0.25) is 0 Å². The zero-order valence-corrected chi connectivity index (χ0v) is 13.4. The fraction of sp³-hybridized carbons (Fsp3) is 0.667. The number of hydrogen-bond acceptors (Lipinski definition) is 1. The Morgan fingerprint density at radius 2 is 1.65 bits per heavy atom. The topological polar surface area (TPSA) is 12.0 Å². The largest absolute Gasteiger partial charge is 0.307 e. The third-order valence-corrected chi connectivity index (χ3v) is 4.59. The van der Waals surface area contributed by atoms with E-state index in [1.165, 1.54) is 18.4 Å². The fourth-order valence-corrected chi connectivity index (χ4v) is 3.08. The molecule has 1 saturated carbocycles. The summed E-state index contributed by atoms with van der Waals surface area (Å²) in [6, 6.07) is 7.84. The van der Waals surface area contributed by atoms with Gasteiger partial charge in [-0.15, -0.1) is 0 Å². The Hall–Kier alpha value is -0.890. The summed E-state index contributed by atoms with van der Waals surface area (Å²) in [5.41, 5.74) is 1.31. The van der Waals surface area contributed by atoms with Gasteiger partial charge >= 0.3 is 0 Å². The first kappa shape index (κ1) is 15.5. The third kappa shape index (κ3) is 3.60. The molecule has 0 radical (unpaired) electrons. The average Bonchev–Trinajstić information content (AvgIpc) is 2.27. The van der Waals surface area contributed by atoms with Crippen LogP contribution >= 0.6 is 0 Å². The highest BCUT2D eigenvalue weighted by Crippen LogP contribution is 2.39. The zero-order chi connectivity index (χ0) is 14.9. The molecular weight excluding hydrogens is 249 g/mol. The van der Waals surface area contributed by atoms with E-state index in [0.29, 0.717) is 6.04 Å². The highest BCUT2D eigenvalue weighted by atomic mass is 19.1. The molecule has 1 aliphatic rings. The maximum Gasteiger partial charge on any atom is 0.123 e. The van der Waals surface area contributed by atoms with E-state index in [-0.39, 0.29) is 17.3 Å². The monoisotopic (exact) mass is 277 g/mol. The summed E-state index contributed by atoms with van der Waals surface area (Å²) in [5.74, 6) is 1.48. The number of hydrogen-bond donors (Lipinski definition) is 1. The van der Waals surface area contributed by atoms with Gasteiger partial charge in [-0.1, -0.05) is 46.8 Å². The molecule has 0 bridgehead atoms. The van der Waals surface area contributed by atoms with Crippen LogP contribution in [0.15, 0.2) is 24.3 Å². The predicted octanol–water partition coefficient (Wildman–Crippen LogP) is 4.94. The number of nitrogens with one attached hydrogen (secondary N) is 1. The van der Waals surface area contributed by atoms with Crippen LogP contribution in [0.1, 0.15) is 59.1 Å². The first-order valence-corrected chi connectivity index (χ1v) is 7.79. The van der Waals surface area contributed by atoms with E-state index >= 15 is 0 Å². The van der Waals surface area contributed by atoms with Gasteiger partial charge in [0.05, 0.1) is 0 Å². The van der Waals surface area contributed by atoms with E-state index in [9.17, 15) is 4.39 Å². The Balaban J connectivity index is 2.05. The molecule has 1 nitrogen and oxygen atoms in total. The van der Waals surface area contributed by atoms with E-state index in [0.717, 1.165) is 11.8 Å². The first-order valence-electron chi connectivity index (χ1n) is 7.79. The van der Waals surface area contributed by atoms with Crippen LogP contribution in [0.5, 0.6) is 0 Å². The van der Waals surface area contributed by atoms with Crippen LogP contribution in [-0.4, -0.2) is 6.04 Å². The Morgan fingerprint density at radius 1 is 1.10 bits per heavy atom. The molecule has 0 aliphatic heterocycles. The van der Waals surface area contributed by atoms with Gasteiger partial charge < -0.3 is 5.32 Å². The molecule has 0 aromatic heterocycles. The van der Waals surface area contributed by atoms with Gasteiger partial charge in [0.2, 0.25) is 0 Å². The second kappa shape index (κ2) is 5.85. The van der Waals surface area contributed by atoms with Crippen molar-refractivity contribution in [1.29, 1.82) is 0 Å². The van der Waals surface area contributed by atoms with E-state index < -0.39 is 0 Å². The fourth-order valence-electron chi connectivity index (χ4n) is 3.08. The zero-order valence-electron chi connectivity index (χ0n) is 13.4. The summed E-state index contributed by atoms with van der Waals surface area (Å²) in [6.07, 6.45) is 2.54. The van der Waals surface area contributed by atoms with Crippen LogP contribution in [0.3, 0.4) is 0 Å². The number of halogens is 1. The van der Waals surface area contributed by atoms with Crippen LogP contribution in [-0.2, 0) is 0 Å². The van der Waals surface area contributed by atoms with Crippen molar-refractivity contribution in [1.82, 2.24) is 5.32 Å². The average molecular weight is 277 g/mol. The lowest BCUT2D eigenvalue weighted by Gasteiger charge is -2.44. The molecule has 2 heteroatoms. The summed E-state index contributed by atoms with van der Waals surface area (Å²) < 4.78 is 13.1. The van der Waals surface area contributed by atoms with Crippen molar-refractivity contribution in [2.75, 3.05) is 0 Å². The smallest absolute Gasteiger partial charge is 0.123 e. The first-order chi connectivity index (χ1) is 9.27. The van der Waals surface area contributed by atoms with Crippen LogP contribution in [0.4, 0.5) is 4.39 Å². The quantitative estimate of drug-likeness (QED) is 0.822. The van der Waals surface area contributed by atoms with Crippen molar-refractivity contribution >= 4 is 0 Å². The number of benzene rings is 1. The molecule has 1 aliphatic carbocycles. The van der Waals surface area contributed by atoms with Crippen molar-refractivity contribution in [3.8, 4) is 0 Å². The molecule has 0 heterocycles. The minimum atomic E-state index is -0.162. The minimum absolute atomic E-state index is 0.126. The minimum Gasteiger partial charge on any atom is -0.307 e. The van der Waals surface area contributed by atoms with Crippen LogP contribution < -0.4 is 5.32 Å². The lowest BCUT2D eigenvalue weighted by atomic mass is 9.72. The molecule has 0 saturated heterocycles. The lowest BCUT2D eigenvalue weighted by molar-refractivity contribution is 0.130. The molecule has 1 fully saturated rings. The van der Waals surface area contributed by atoms with Gasteiger partial charge in [0.15, 0.2) is 0 Å². The normalized spacial score (nSPS) is 24.6. The number of rotatable bonds is 4. The molecule has 20 heavy (non-hydrogen) atoms. The summed E-state index contributed by atoms with van der Waals surface area (Å²) in [6.45, 7) is 11.3. The lowest BCUT2D eigenvalue weighted by Crippen LogP contribution is -2.47. The van der Waals surface area contributed by atoms with E-state index in [1.54, 1.807) is 12.1 Å². The molecule has 0 amide bonds. The van der Waals surface area contributed by atoms with Crippen molar-refractivity contribution in [3.05, 3.63) is 35.6 Å². The Kier molecular flexibility index (Phi) is 4.53. The molecule has 1 N–H and O–H groups in total. The Morgan fingerprint density at radius 3 is 2.10 bits per heavy atom. The van der Waals surface area contributed by atoms with Gasteiger partial charge in [0.1, 0.15) is 5.82 Å². The van der Waals surface area contributed by atoms with E-state index in [1.807, 2.05) is 12.1 Å². The predicted molar refractivity (Wildman–Crippen MR) is 83.1 cm³/mol. The van der Waals surface area contributed by atoms with Crippen molar-refractivity contribution in [2.45, 2.75) is 59.5 Å². The molecular formula is C18H28FN. The van der Waals surface area contributed by atoms with Crippen molar-refractivity contribution < 1.29 is 4.39 Å². The van der Waals surface area contributed by atoms with E-state index in [4.69, 9.17) is 0 Å². The summed E-state index contributed by atoms with van der Waals surface area (Å²) >= 11 is 0. The van der Waals surface area contributed by atoms with Gasteiger partial charge in [0.25, 0.3) is 0 Å². The maximum atomic E-state index is 13.1. The molecule has 1 aromatic carbocycles. The standard InChI is InChI=1S/C18H28FN/c1-12(2)14-10-16(11-14)20-17(18(3,4)5)13-6-8-15(19)9-7-13/h6-9,12,14,16-17,20H,10-11H2,1-5H3. The van der Waals surface area contributed by atoms with Crippen molar-refractivity contribution in [2.24, 2.45) is 17.3 Å². The highest BCUT2D eigenvalue weighted by molar-refractivity contribution is 5.22. The maximum absolute atomic E-state index is 13.1. The van der Waals surface area contributed by atoms with Gasteiger partial charge in [-0.05, 0) is 47.8 Å².